The molecule has 22 heavy (non-hydrogen) atoms. The molecule has 5 heteroatoms. The van der Waals surface area contributed by atoms with Crippen LogP contribution in [0.3, 0.4) is 0 Å². The van der Waals surface area contributed by atoms with E-state index in [4.69, 9.17) is 4.74 Å². The minimum atomic E-state index is -0.213. The molecule has 0 unspecified atom stereocenters. The largest absolute Gasteiger partial charge is 0.491 e. The van der Waals surface area contributed by atoms with Gasteiger partial charge in [-0.2, -0.15) is 5.10 Å². The van der Waals surface area contributed by atoms with Crippen molar-refractivity contribution in [3.8, 4) is 5.75 Å². The predicted octanol–water partition coefficient (Wildman–Crippen LogP) is 3.89. The monoisotopic (exact) mass is 301 g/mol. The Morgan fingerprint density at radius 3 is 2.45 bits per heavy atom. The summed E-state index contributed by atoms with van der Waals surface area (Å²) in [6.45, 7) is 8.14. The molecule has 118 valence electrons. The van der Waals surface area contributed by atoms with Gasteiger partial charge in [0.25, 0.3) is 5.91 Å². The fraction of sp³-hybridized carbons (Fsp3) is 0.412. The van der Waals surface area contributed by atoms with Crippen molar-refractivity contribution < 1.29 is 9.53 Å². The summed E-state index contributed by atoms with van der Waals surface area (Å²) in [6.07, 6.45) is 2.94. The Kier molecular flexibility index (Phi) is 5.20. The van der Waals surface area contributed by atoms with Crippen LogP contribution in [0.4, 0.5) is 5.69 Å². The lowest BCUT2D eigenvalue weighted by Gasteiger charge is -2.12. The summed E-state index contributed by atoms with van der Waals surface area (Å²) < 4.78 is 7.47. The first-order valence-corrected chi connectivity index (χ1v) is 7.62. The summed E-state index contributed by atoms with van der Waals surface area (Å²) >= 11 is 0. The third-order valence-corrected chi connectivity index (χ3v) is 3.39. The highest BCUT2D eigenvalue weighted by molar-refractivity contribution is 6.02. The Hall–Kier alpha value is -2.30. The van der Waals surface area contributed by atoms with E-state index in [1.54, 1.807) is 10.7 Å². The van der Waals surface area contributed by atoms with Crippen molar-refractivity contribution in [1.82, 2.24) is 9.78 Å². The Bertz CT molecular complexity index is 617. The van der Waals surface area contributed by atoms with Crippen molar-refractivity contribution in [1.29, 1.82) is 0 Å². The van der Waals surface area contributed by atoms with Gasteiger partial charge in [0, 0.05) is 17.9 Å². The first kappa shape index (κ1) is 16.1. The number of amides is 1. The van der Waals surface area contributed by atoms with Crippen LogP contribution in [0.2, 0.25) is 0 Å². The van der Waals surface area contributed by atoms with E-state index in [1.165, 1.54) is 0 Å². The number of carbonyl (C=O) groups is 1. The van der Waals surface area contributed by atoms with Crippen molar-refractivity contribution in [3.05, 3.63) is 42.2 Å². The van der Waals surface area contributed by atoms with Gasteiger partial charge in [-0.05, 0) is 57.5 Å². The van der Waals surface area contributed by atoms with Crippen LogP contribution in [0.25, 0.3) is 0 Å². The number of aromatic nitrogens is 2. The van der Waals surface area contributed by atoms with Gasteiger partial charge < -0.3 is 10.1 Å². The van der Waals surface area contributed by atoms with Crippen LogP contribution >= 0.6 is 0 Å². The fourth-order valence-electron chi connectivity index (χ4n) is 1.87. The normalized spacial score (nSPS) is 12.2. The minimum absolute atomic E-state index is 0.181. The number of nitrogens with zero attached hydrogens (tertiary/aromatic N) is 2. The molecule has 0 aliphatic carbocycles. The zero-order valence-corrected chi connectivity index (χ0v) is 13.5. The van der Waals surface area contributed by atoms with Crippen LogP contribution in [0.1, 0.15) is 50.6 Å². The fourth-order valence-corrected chi connectivity index (χ4v) is 1.87. The average molecular weight is 301 g/mol. The quantitative estimate of drug-likeness (QED) is 0.880. The molecule has 1 heterocycles. The molecule has 0 fully saturated rings. The van der Waals surface area contributed by atoms with Gasteiger partial charge in [-0.25, -0.2) is 0 Å². The predicted molar refractivity (Wildman–Crippen MR) is 87.4 cm³/mol. The number of benzene rings is 1. The summed E-state index contributed by atoms with van der Waals surface area (Å²) in [4.78, 5) is 12.1. The number of hydrogen-bond donors (Lipinski definition) is 1. The molecule has 1 aromatic heterocycles. The van der Waals surface area contributed by atoms with E-state index in [2.05, 4.69) is 17.3 Å². The van der Waals surface area contributed by atoms with Gasteiger partial charge in [0.05, 0.1) is 6.10 Å². The molecule has 1 amide bonds. The maximum Gasteiger partial charge on any atom is 0.276 e. The van der Waals surface area contributed by atoms with Gasteiger partial charge in [-0.1, -0.05) is 6.92 Å². The van der Waals surface area contributed by atoms with E-state index >= 15 is 0 Å². The highest BCUT2D eigenvalue weighted by atomic mass is 16.5. The average Bonchev–Trinajstić information content (AvgIpc) is 2.99. The molecule has 0 saturated carbocycles. The molecule has 1 N–H and O–H groups in total. The maximum absolute atomic E-state index is 12.1. The molecular formula is C17H23N3O2. The topological polar surface area (TPSA) is 56.1 Å². The smallest absolute Gasteiger partial charge is 0.276 e. The molecule has 0 saturated heterocycles. The first-order chi connectivity index (χ1) is 10.5. The van der Waals surface area contributed by atoms with E-state index in [0.717, 1.165) is 17.9 Å². The Morgan fingerprint density at radius 1 is 1.23 bits per heavy atom. The van der Waals surface area contributed by atoms with Crippen LogP contribution in [0.5, 0.6) is 5.75 Å². The van der Waals surface area contributed by atoms with Crippen LogP contribution in [0.15, 0.2) is 36.5 Å². The standard InChI is InChI=1S/C17H23N3O2/c1-5-13(4)22-15-8-6-14(7-9-15)18-17(21)16-10-11-20(19-16)12(2)3/h6-13H,5H2,1-4H3,(H,18,21)/t13-/m1/s1. The van der Waals surface area contributed by atoms with Gasteiger partial charge in [0.15, 0.2) is 5.69 Å². The van der Waals surface area contributed by atoms with Gasteiger partial charge in [-0.3, -0.25) is 9.48 Å². The first-order valence-electron chi connectivity index (χ1n) is 7.62. The number of hydrogen-bond acceptors (Lipinski definition) is 3. The number of rotatable bonds is 6. The Balaban J connectivity index is 1.99. The van der Waals surface area contributed by atoms with Crippen molar-refractivity contribution in [2.45, 2.75) is 46.3 Å². The maximum atomic E-state index is 12.1. The second-order valence-corrected chi connectivity index (χ2v) is 5.59. The van der Waals surface area contributed by atoms with Crippen molar-refractivity contribution in [3.63, 3.8) is 0 Å². The van der Waals surface area contributed by atoms with E-state index in [0.29, 0.717) is 5.69 Å². The molecule has 2 rings (SSSR count). The number of ether oxygens (including phenoxy) is 1. The van der Waals surface area contributed by atoms with Gasteiger partial charge >= 0.3 is 0 Å². The van der Waals surface area contributed by atoms with Gasteiger partial charge in [-0.15, -0.1) is 0 Å². The lowest BCUT2D eigenvalue weighted by molar-refractivity contribution is 0.102. The van der Waals surface area contributed by atoms with Crippen LogP contribution in [-0.2, 0) is 0 Å². The van der Waals surface area contributed by atoms with E-state index in [9.17, 15) is 4.79 Å². The third-order valence-electron chi connectivity index (χ3n) is 3.39. The van der Waals surface area contributed by atoms with Gasteiger partial charge in [0.1, 0.15) is 5.75 Å². The summed E-state index contributed by atoms with van der Waals surface area (Å²) in [6, 6.07) is 9.32. The number of nitrogens with one attached hydrogen (secondary N) is 1. The van der Waals surface area contributed by atoms with E-state index in [-0.39, 0.29) is 18.1 Å². The second kappa shape index (κ2) is 7.11. The Morgan fingerprint density at radius 2 is 1.91 bits per heavy atom. The summed E-state index contributed by atoms with van der Waals surface area (Å²) in [5.74, 6) is 0.589. The molecule has 0 bridgehead atoms. The zero-order chi connectivity index (χ0) is 16.1. The lowest BCUT2D eigenvalue weighted by Crippen LogP contribution is -2.14. The molecule has 2 aromatic rings. The molecule has 1 atom stereocenters. The van der Waals surface area contributed by atoms with Crippen molar-refractivity contribution >= 4 is 11.6 Å². The number of carbonyl (C=O) groups excluding carboxylic acids is 1. The SMILES string of the molecule is CC[C@@H](C)Oc1ccc(NC(=O)c2ccn(C(C)C)n2)cc1. The highest BCUT2D eigenvalue weighted by Crippen LogP contribution is 2.18. The molecule has 5 nitrogen and oxygen atoms in total. The second-order valence-electron chi connectivity index (χ2n) is 5.59. The van der Waals surface area contributed by atoms with Crippen molar-refractivity contribution in [2.24, 2.45) is 0 Å². The molecular weight excluding hydrogens is 278 g/mol. The molecule has 1 aromatic carbocycles. The summed E-state index contributed by atoms with van der Waals surface area (Å²) in [7, 11) is 0. The van der Waals surface area contributed by atoms with E-state index in [1.807, 2.05) is 51.2 Å². The molecule has 0 aliphatic heterocycles. The van der Waals surface area contributed by atoms with E-state index < -0.39 is 0 Å². The molecule has 0 radical (unpaired) electrons. The van der Waals surface area contributed by atoms with Crippen LogP contribution < -0.4 is 10.1 Å². The molecule has 0 aliphatic rings. The minimum Gasteiger partial charge on any atom is -0.491 e. The van der Waals surface area contributed by atoms with Crippen LogP contribution in [-0.4, -0.2) is 21.8 Å². The highest BCUT2D eigenvalue weighted by Gasteiger charge is 2.11. The molecule has 0 spiro atoms. The van der Waals surface area contributed by atoms with Crippen molar-refractivity contribution in [2.75, 3.05) is 5.32 Å². The number of anilines is 1. The summed E-state index contributed by atoms with van der Waals surface area (Å²) in [5, 5.41) is 7.09. The third kappa shape index (κ3) is 4.10. The Labute approximate surface area is 131 Å². The van der Waals surface area contributed by atoms with Gasteiger partial charge in [0.2, 0.25) is 0 Å². The summed E-state index contributed by atoms with van der Waals surface area (Å²) in [5.41, 5.74) is 1.13. The lowest BCUT2D eigenvalue weighted by atomic mass is 10.2. The zero-order valence-electron chi connectivity index (χ0n) is 13.5. The van der Waals surface area contributed by atoms with Crippen LogP contribution in [0, 0.1) is 0 Å².